The van der Waals surface area contributed by atoms with Gasteiger partial charge in [-0.05, 0) is 60.4 Å². The zero-order chi connectivity index (χ0) is 19.9. The molecule has 4 rings (SSSR count). The van der Waals surface area contributed by atoms with Crippen LogP contribution in [0.2, 0.25) is 0 Å². The monoisotopic (exact) mass is 378 g/mol. The number of rotatable bonds is 3. The van der Waals surface area contributed by atoms with E-state index in [2.05, 4.69) is 61.8 Å². The van der Waals surface area contributed by atoms with E-state index in [9.17, 15) is 5.11 Å². The second-order valence-corrected chi connectivity index (χ2v) is 9.39. The molecule has 2 aromatic carbocycles. The molecule has 0 amide bonds. The summed E-state index contributed by atoms with van der Waals surface area (Å²) in [6, 6.07) is 15.3. The lowest BCUT2D eigenvalue weighted by atomic mass is 9.65. The predicted octanol–water partition coefficient (Wildman–Crippen LogP) is 4.49. The molecular formula is C25H34N2O. The normalized spacial score (nSPS) is 28.9. The minimum Gasteiger partial charge on any atom is -0.508 e. The molecule has 3 nitrogen and oxygen atoms in total. The van der Waals surface area contributed by atoms with E-state index in [1.54, 1.807) is 6.07 Å². The van der Waals surface area contributed by atoms with Crippen molar-refractivity contribution in [1.82, 2.24) is 9.80 Å². The van der Waals surface area contributed by atoms with Gasteiger partial charge >= 0.3 is 0 Å². The fourth-order valence-electron chi connectivity index (χ4n) is 5.25. The average molecular weight is 379 g/mol. The molecule has 3 heteroatoms. The van der Waals surface area contributed by atoms with Crippen LogP contribution < -0.4 is 0 Å². The molecule has 2 aliphatic rings. The van der Waals surface area contributed by atoms with Crippen LogP contribution in [0, 0.1) is 19.8 Å². The minimum absolute atomic E-state index is 0.113. The van der Waals surface area contributed by atoms with Crippen LogP contribution >= 0.6 is 0 Å². The number of piperazine rings is 1. The second-order valence-electron chi connectivity index (χ2n) is 9.39. The van der Waals surface area contributed by atoms with Crippen LogP contribution in [0.5, 0.6) is 5.75 Å². The summed E-state index contributed by atoms with van der Waals surface area (Å²) in [5.41, 5.74) is 5.61. The van der Waals surface area contributed by atoms with Gasteiger partial charge in [0.2, 0.25) is 0 Å². The van der Waals surface area contributed by atoms with Crippen molar-refractivity contribution in [1.29, 1.82) is 0 Å². The predicted molar refractivity (Wildman–Crippen MR) is 116 cm³/mol. The van der Waals surface area contributed by atoms with Gasteiger partial charge < -0.3 is 5.11 Å². The molecule has 2 saturated heterocycles. The summed E-state index contributed by atoms with van der Waals surface area (Å²) in [6.07, 6.45) is 1.15. The first-order chi connectivity index (χ1) is 13.3. The number of fused-ring (bicyclic) bond motifs is 1. The van der Waals surface area contributed by atoms with Crippen LogP contribution in [-0.4, -0.2) is 47.1 Å². The van der Waals surface area contributed by atoms with Crippen LogP contribution in [-0.2, 0) is 12.0 Å². The molecule has 2 heterocycles. The molecule has 0 saturated carbocycles. The van der Waals surface area contributed by atoms with E-state index in [4.69, 9.17) is 0 Å². The molecule has 28 heavy (non-hydrogen) atoms. The molecule has 0 bridgehead atoms. The Labute approximate surface area is 170 Å². The molecule has 3 atom stereocenters. The van der Waals surface area contributed by atoms with Gasteiger partial charge in [0.25, 0.3) is 0 Å². The summed E-state index contributed by atoms with van der Waals surface area (Å²) in [5.74, 6) is 0.963. The SMILES string of the molecule is Cc1ccc(C)c(CN2CCN3C[C@H](C)[C@](C)(c4cccc(O)c4)C[C@@H]3C2)c1. The number of aryl methyl sites for hydroxylation is 2. The largest absolute Gasteiger partial charge is 0.508 e. The Morgan fingerprint density at radius 3 is 2.68 bits per heavy atom. The molecule has 2 fully saturated rings. The highest BCUT2D eigenvalue weighted by molar-refractivity contribution is 5.34. The standard InChI is InChI=1S/C25H34N2O/c1-18-8-9-19(2)21(12-18)16-26-10-11-27-15-20(3)25(4,14-23(27)17-26)22-6-5-7-24(28)13-22/h5-9,12-13,20,23,28H,10-11,14-17H2,1-4H3/t20-,23+,25+/m0/s1. The van der Waals surface area contributed by atoms with E-state index in [0.717, 1.165) is 39.1 Å². The van der Waals surface area contributed by atoms with Crippen molar-refractivity contribution >= 4 is 0 Å². The van der Waals surface area contributed by atoms with E-state index in [1.807, 2.05) is 12.1 Å². The Bertz CT molecular complexity index is 848. The highest BCUT2D eigenvalue weighted by atomic mass is 16.3. The van der Waals surface area contributed by atoms with Gasteiger partial charge in [-0.3, -0.25) is 9.80 Å². The molecular weight excluding hydrogens is 344 g/mol. The summed E-state index contributed by atoms with van der Waals surface area (Å²) in [4.78, 5) is 5.34. The Hall–Kier alpha value is -1.84. The third kappa shape index (κ3) is 3.70. The van der Waals surface area contributed by atoms with Gasteiger partial charge in [0.1, 0.15) is 5.75 Å². The fraction of sp³-hybridized carbons (Fsp3) is 0.520. The zero-order valence-electron chi connectivity index (χ0n) is 17.8. The van der Waals surface area contributed by atoms with Crippen molar-refractivity contribution in [2.45, 2.75) is 52.1 Å². The summed E-state index contributed by atoms with van der Waals surface area (Å²) in [7, 11) is 0. The molecule has 1 N–H and O–H groups in total. The first-order valence-corrected chi connectivity index (χ1v) is 10.7. The van der Waals surface area contributed by atoms with Crippen LogP contribution in [0.25, 0.3) is 0 Å². The molecule has 2 aliphatic heterocycles. The second kappa shape index (κ2) is 7.53. The fourth-order valence-corrected chi connectivity index (χ4v) is 5.25. The van der Waals surface area contributed by atoms with Gasteiger partial charge in [0.05, 0.1) is 0 Å². The number of piperidine rings is 1. The Kier molecular flexibility index (Phi) is 5.24. The first kappa shape index (κ1) is 19.5. The summed E-state index contributed by atoms with van der Waals surface area (Å²) < 4.78 is 0. The summed E-state index contributed by atoms with van der Waals surface area (Å²) >= 11 is 0. The summed E-state index contributed by atoms with van der Waals surface area (Å²) in [5, 5.41) is 10.0. The van der Waals surface area contributed by atoms with Crippen LogP contribution in [0.4, 0.5) is 0 Å². The van der Waals surface area contributed by atoms with Gasteiger partial charge in [-0.1, -0.05) is 49.7 Å². The Morgan fingerprint density at radius 2 is 1.89 bits per heavy atom. The van der Waals surface area contributed by atoms with E-state index in [1.165, 1.54) is 22.3 Å². The van der Waals surface area contributed by atoms with Gasteiger partial charge in [-0.25, -0.2) is 0 Å². The topological polar surface area (TPSA) is 26.7 Å². The molecule has 0 aromatic heterocycles. The Morgan fingerprint density at radius 1 is 1.07 bits per heavy atom. The Balaban J connectivity index is 1.51. The third-order valence-corrected chi connectivity index (χ3v) is 7.35. The van der Waals surface area contributed by atoms with Crippen molar-refractivity contribution in [3.63, 3.8) is 0 Å². The molecule has 150 valence electrons. The van der Waals surface area contributed by atoms with E-state index >= 15 is 0 Å². The minimum atomic E-state index is 0.113. The van der Waals surface area contributed by atoms with Crippen molar-refractivity contribution in [3.05, 3.63) is 64.7 Å². The molecule has 0 radical (unpaired) electrons. The number of phenols is 1. The van der Waals surface area contributed by atoms with Crippen molar-refractivity contribution in [3.8, 4) is 5.75 Å². The van der Waals surface area contributed by atoms with Gasteiger partial charge in [-0.15, -0.1) is 0 Å². The van der Waals surface area contributed by atoms with Crippen LogP contribution in [0.15, 0.2) is 42.5 Å². The zero-order valence-corrected chi connectivity index (χ0v) is 17.8. The highest BCUT2D eigenvalue weighted by Crippen LogP contribution is 2.43. The maximum Gasteiger partial charge on any atom is 0.115 e. The van der Waals surface area contributed by atoms with Crippen molar-refractivity contribution in [2.75, 3.05) is 26.2 Å². The van der Waals surface area contributed by atoms with Crippen LogP contribution in [0.1, 0.15) is 42.5 Å². The first-order valence-electron chi connectivity index (χ1n) is 10.7. The number of benzene rings is 2. The maximum atomic E-state index is 10.0. The molecule has 2 aromatic rings. The van der Waals surface area contributed by atoms with Gasteiger partial charge in [0.15, 0.2) is 0 Å². The number of nitrogens with zero attached hydrogens (tertiary/aromatic N) is 2. The average Bonchev–Trinajstić information content (AvgIpc) is 2.66. The highest BCUT2D eigenvalue weighted by Gasteiger charge is 2.44. The summed E-state index contributed by atoms with van der Waals surface area (Å²) in [6.45, 7) is 14.8. The maximum absolute atomic E-state index is 10.0. The quantitative estimate of drug-likeness (QED) is 0.852. The number of hydrogen-bond acceptors (Lipinski definition) is 3. The van der Waals surface area contributed by atoms with Crippen molar-refractivity contribution in [2.24, 2.45) is 5.92 Å². The molecule has 0 unspecified atom stereocenters. The molecule has 0 spiro atoms. The number of hydrogen-bond donors (Lipinski definition) is 1. The van der Waals surface area contributed by atoms with E-state index in [0.29, 0.717) is 17.7 Å². The molecule has 0 aliphatic carbocycles. The van der Waals surface area contributed by atoms with Gasteiger partial charge in [-0.2, -0.15) is 0 Å². The lowest BCUT2D eigenvalue weighted by Crippen LogP contribution is -2.60. The van der Waals surface area contributed by atoms with Crippen LogP contribution in [0.3, 0.4) is 0 Å². The number of phenolic OH excluding ortho intramolecular Hbond substituents is 1. The number of aromatic hydroxyl groups is 1. The van der Waals surface area contributed by atoms with E-state index < -0.39 is 0 Å². The van der Waals surface area contributed by atoms with E-state index in [-0.39, 0.29) is 5.41 Å². The smallest absolute Gasteiger partial charge is 0.115 e. The lowest BCUT2D eigenvalue weighted by Gasteiger charge is -2.53. The lowest BCUT2D eigenvalue weighted by molar-refractivity contribution is -0.00562. The van der Waals surface area contributed by atoms with Crippen molar-refractivity contribution < 1.29 is 5.11 Å². The van der Waals surface area contributed by atoms with Gasteiger partial charge in [0, 0.05) is 38.8 Å². The third-order valence-electron chi connectivity index (χ3n) is 7.35.